The Hall–Kier alpha value is 0.280. The third-order valence-electron chi connectivity index (χ3n) is 0.753. The Morgan fingerprint density at radius 2 is 2.50 bits per heavy atom. The number of H-pyrrole nitrogens is 1. The van der Waals surface area contributed by atoms with Crippen LogP contribution < -0.4 is 2.94 Å². The summed E-state index contributed by atoms with van der Waals surface area (Å²) in [6.07, 6.45) is 1.95. The molecular formula is C4H4NNa. The first-order chi connectivity index (χ1) is 2.89. The first-order valence-electron chi connectivity index (χ1n) is 1.99. The van der Waals surface area contributed by atoms with Crippen molar-refractivity contribution >= 4 is 30.9 Å². The van der Waals surface area contributed by atoms with Crippen LogP contribution in [0.25, 0.3) is 0 Å². The summed E-state index contributed by atoms with van der Waals surface area (Å²) in [5.74, 6) is 0. The van der Waals surface area contributed by atoms with Gasteiger partial charge in [0.25, 0.3) is 0 Å². The first kappa shape index (κ1) is 4.44. The van der Waals surface area contributed by atoms with Gasteiger partial charge in [0.15, 0.2) is 0 Å². The van der Waals surface area contributed by atoms with Gasteiger partial charge in [0.1, 0.15) is 0 Å². The summed E-state index contributed by atoms with van der Waals surface area (Å²) in [4.78, 5) is 3.06. The van der Waals surface area contributed by atoms with Gasteiger partial charge in [-0.05, 0) is 0 Å². The van der Waals surface area contributed by atoms with Crippen LogP contribution >= 0.6 is 0 Å². The average molecular weight is 89.1 g/mol. The summed E-state index contributed by atoms with van der Waals surface area (Å²) in [5, 5.41) is 0. The molecule has 1 rings (SSSR count). The van der Waals surface area contributed by atoms with Crippen LogP contribution in [0.1, 0.15) is 0 Å². The fraction of sp³-hybridized carbons (Fsp3) is 0. The van der Waals surface area contributed by atoms with Gasteiger partial charge >= 0.3 is 54.2 Å². The molecule has 0 fully saturated rings. The van der Waals surface area contributed by atoms with Crippen molar-refractivity contribution in [2.45, 2.75) is 0 Å². The Morgan fingerprint density at radius 3 is 2.67 bits per heavy atom. The quantitative estimate of drug-likeness (QED) is 0.424. The molecule has 1 heterocycles. The van der Waals surface area contributed by atoms with Gasteiger partial charge in [0.05, 0.1) is 0 Å². The van der Waals surface area contributed by atoms with Crippen molar-refractivity contribution in [3.05, 3.63) is 18.3 Å². The van der Waals surface area contributed by atoms with Crippen molar-refractivity contribution in [3.63, 3.8) is 0 Å². The molecule has 0 aliphatic heterocycles. The van der Waals surface area contributed by atoms with E-state index in [-0.39, 0.29) is 0 Å². The molecule has 0 aromatic carbocycles. The predicted octanol–water partition coefficient (Wildman–Crippen LogP) is -0.191. The molecule has 0 bridgehead atoms. The summed E-state index contributed by atoms with van der Waals surface area (Å²) in [5.41, 5.74) is 0. The maximum absolute atomic E-state index is 3.06. The Balaban J connectivity index is 3.05. The second-order valence-corrected chi connectivity index (χ2v) is 2.43. The molecule has 0 radical (unpaired) electrons. The molecule has 1 N–H and O–H groups in total. The van der Waals surface area contributed by atoms with Crippen molar-refractivity contribution in [3.8, 4) is 0 Å². The molecule has 0 amide bonds. The van der Waals surface area contributed by atoms with E-state index in [1.807, 2.05) is 12.3 Å². The maximum atomic E-state index is 3.06. The summed E-state index contributed by atoms with van der Waals surface area (Å²) >= 11 is 1.14. The van der Waals surface area contributed by atoms with Gasteiger partial charge in [-0.2, -0.15) is 0 Å². The number of aromatic amines is 1. The number of nitrogens with one attached hydrogen (secondary N) is 1. The van der Waals surface area contributed by atoms with Crippen molar-refractivity contribution in [1.29, 1.82) is 0 Å². The number of hydrogen-bond donors (Lipinski definition) is 1. The Labute approximate surface area is 54.2 Å². The second-order valence-electron chi connectivity index (χ2n) is 1.35. The molecule has 0 unspecified atom stereocenters. The average Bonchev–Trinajstić information content (AvgIpc) is 1.86. The van der Waals surface area contributed by atoms with E-state index in [4.69, 9.17) is 0 Å². The van der Waals surface area contributed by atoms with Crippen LogP contribution in [-0.4, -0.2) is 32.9 Å². The predicted molar refractivity (Wildman–Crippen MR) is 26.2 cm³/mol. The van der Waals surface area contributed by atoms with Gasteiger partial charge in [-0.15, -0.1) is 0 Å². The Bertz CT molecular complexity index is 111. The fourth-order valence-electron chi connectivity index (χ4n) is 0.420. The molecule has 0 spiro atoms. The first-order valence-corrected chi connectivity index (χ1v) is 2.99. The van der Waals surface area contributed by atoms with Crippen LogP contribution in [0.3, 0.4) is 0 Å². The van der Waals surface area contributed by atoms with Crippen molar-refractivity contribution in [2.24, 2.45) is 0 Å². The van der Waals surface area contributed by atoms with E-state index in [0.717, 1.165) is 27.9 Å². The third-order valence-corrected chi connectivity index (χ3v) is 1.38. The van der Waals surface area contributed by atoms with Crippen LogP contribution in [0.2, 0.25) is 0 Å². The molecule has 0 aliphatic rings. The van der Waals surface area contributed by atoms with Crippen LogP contribution in [0.4, 0.5) is 0 Å². The van der Waals surface area contributed by atoms with E-state index in [2.05, 4.69) is 11.1 Å². The van der Waals surface area contributed by atoms with Crippen LogP contribution in [0.15, 0.2) is 18.3 Å². The molecule has 1 aromatic rings. The van der Waals surface area contributed by atoms with Crippen LogP contribution in [0.5, 0.6) is 0 Å². The molecule has 2 heteroatoms. The molecule has 6 heavy (non-hydrogen) atoms. The molecule has 26 valence electrons. The minimum absolute atomic E-state index is 1.14. The molecule has 0 saturated heterocycles. The summed E-state index contributed by atoms with van der Waals surface area (Å²) in [6.45, 7) is 0. The standard InChI is InChI=1S/C4H4N.Na/c1-2-4-5-3-1;/h1-3,5H;. The number of rotatable bonds is 0. The van der Waals surface area contributed by atoms with Gasteiger partial charge < -0.3 is 0 Å². The van der Waals surface area contributed by atoms with E-state index < -0.39 is 0 Å². The van der Waals surface area contributed by atoms with Gasteiger partial charge in [-0.1, -0.05) is 0 Å². The van der Waals surface area contributed by atoms with Crippen LogP contribution in [0, 0.1) is 0 Å². The molecule has 0 aliphatic carbocycles. The molecular weight excluding hydrogens is 85.0 g/mol. The van der Waals surface area contributed by atoms with E-state index in [1.165, 1.54) is 2.94 Å². The topological polar surface area (TPSA) is 15.8 Å². The fourth-order valence-corrected chi connectivity index (χ4v) is 0.779. The number of hydrogen-bond acceptors (Lipinski definition) is 0. The summed E-state index contributed by atoms with van der Waals surface area (Å²) < 4.78 is 1.36. The zero-order valence-electron chi connectivity index (χ0n) is 3.73. The van der Waals surface area contributed by atoms with E-state index >= 15 is 0 Å². The van der Waals surface area contributed by atoms with Crippen molar-refractivity contribution in [2.75, 3.05) is 0 Å². The molecule has 1 aromatic heterocycles. The Kier molecular flexibility index (Phi) is 1.35. The van der Waals surface area contributed by atoms with E-state index in [9.17, 15) is 0 Å². The zero-order valence-corrected chi connectivity index (χ0v) is 5.73. The van der Waals surface area contributed by atoms with Gasteiger partial charge in [0, 0.05) is 0 Å². The minimum atomic E-state index is 1.14. The molecule has 1 nitrogen and oxygen atoms in total. The van der Waals surface area contributed by atoms with E-state index in [0.29, 0.717) is 0 Å². The normalized spacial score (nSPS) is 9.00. The molecule has 0 atom stereocenters. The monoisotopic (exact) mass is 89.0 g/mol. The Morgan fingerprint density at radius 1 is 1.67 bits per heavy atom. The van der Waals surface area contributed by atoms with Gasteiger partial charge in [0.2, 0.25) is 0 Å². The number of aromatic nitrogens is 1. The summed E-state index contributed by atoms with van der Waals surface area (Å²) in [7, 11) is 0. The van der Waals surface area contributed by atoms with Gasteiger partial charge in [-0.3, -0.25) is 0 Å². The van der Waals surface area contributed by atoms with Crippen LogP contribution in [-0.2, 0) is 0 Å². The van der Waals surface area contributed by atoms with Crippen molar-refractivity contribution in [1.82, 2.24) is 4.98 Å². The molecule has 0 saturated carbocycles. The third kappa shape index (κ3) is 0.869. The second kappa shape index (κ2) is 1.82. The van der Waals surface area contributed by atoms with Crippen molar-refractivity contribution < 1.29 is 0 Å². The zero-order chi connectivity index (χ0) is 4.41. The van der Waals surface area contributed by atoms with E-state index in [1.54, 1.807) is 0 Å². The summed E-state index contributed by atoms with van der Waals surface area (Å²) in [6, 6.07) is 4.11. The SMILES string of the molecule is [Na][c]1ccc[nH]1. The van der Waals surface area contributed by atoms with Gasteiger partial charge in [-0.25, -0.2) is 0 Å².